The molecule has 5 N–H and O–H groups in total. The summed E-state index contributed by atoms with van der Waals surface area (Å²) in [5.74, 6) is 0. The molecule has 0 spiro atoms. The summed E-state index contributed by atoms with van der Waals surface area (Å²) in [5.41, 5.74) is 0. The van der Waals surface area contributed by atoms with Gasteiger partial charge in [-0.05, 0) is 0 Å². The van der Waals surface area contributed by atoms with Crippen molar-refractivity contribution in [3.8, 4) is 0 Å². The van der Waals surface area contributed by atoms with Gasteiger partial charge in [0.1, 0.15) is 0 Å². The van der Waals surface area contributed by atoms with Crippen molar-refractivity contribution in [2.75, 3.05) is 19.8 Å². The third-order valence-corrected chi connectivity index (χ3v) is 3.06. The van der Waals surface area contributed by atoms with Crippen LogP contribution in [0.25, 0.3) is 0 Å². The van der Waals surface area contributed by atoms with Gasteiger partial charge in [-0.15, -0.1) is 0 Å². The molecule has 0 aromatic carbocycles. The normalized spacial score (nSPS) is 13.5. The van der Waals surface area contributed by atoms with Crippen LogP contribution in [0.4, 0.5) is 0 Å². The van der Waals surface area contributed by atoms with Gasteiger partial charge in [0, 0.05) is 0 Å². The van der Waals surface area contributed by atoms with Gasteiger partial charge in [-0.1, -0.05) is 0 Å². The number of hydrogen-bond donors (Lipinski definition) is 4. The van der Waals surface area contributed by atoms with Crippen LogP contribution in [-0.2, 0) is 10.0 Å². The molecule has 6 nitrogen and oxygen atoms in total. The van der Waals surface area contributed by atoms with Crippen LogP contribution in [0, 0.1) is 0 Å². The summed E-state index contributed by atoms with van der Waals surface area (Å²) in [6, 6.07) is 0. The van der Waals surface area contributed by atoms with Gasteiger partial charge >= 0.3 is 0 Å². The Labute approximate surface area is 64.3 Å². The molecule has 0 aliphatic heterocycles. The Kier molecular flexibility index (Phi) is 3.39. The van der Waals surface area contributed by atoms with E-state index in [-0.39, 0.29) is 0 Å². The lowest BCUT2D eigenvalue weighted by molar-refractivity contribution is 0.114. The highest BCUT2D eigenvalue weighted by atomic mass is 32.2. The topological polar surface area (TPSA) is 121 Å². The predicted molar refractivity (Wildman–Crippen MR) is 37.1 cm³/mol. The van der Waals surface area contributed by atoms with Crippen molar-refractivity contribution >= 4 is 10.0 Å². The second-order valence-electron chi connectivity index (χ2n) is 2.20. The summed E-state index contributed by atoms with van der Waals surface area (Å²) in [4.78, 5) is 0. The molecule has 0 unspecified atom stereocenters. The Bertz CT molecular complexity index is 198. The highest BCUT2D eigenvalue weighted by molar-refractivity contribution is 7.90. The van der Waals surface area contributed by atoms with E-state index in [1.807, 2.05) is 0 Å². The summed E-state index contributed by atoms with van der Waals surface area (Å²) in [6.07, 6.45) is 0. The van der Waals surface area contributed by atoms with E-state index in [0.29, 0.717) is 0 Å². The molecule has 0 heterocycles. The first-order chi connectivity index (χ1) is 4.93. The van der Waals surface area contributed by atoms with Crippen LogP contribution in [0.2, 0.25) is 0 Å². The molecule has 0 radical (unpaired) electrons. The smallest absolute Gasteiger partial charge is 0.221 e. The first-order valence-corrected chi connectivity index (χ1v) is 4.33. The fourth-order valence-electron chi connectivity index (χ4n) is 0.420. The average molecular weight is 185 g/mol. The van der Waals surface area contributed by atoms with E-state index in [0.717, 1.165) is 0 Å². The standard InChI is InChI=1S/C4H11NO5S/c5-11(9,10)4(1-6,2-7)3-8/h6-8H,1-3H2,(H2,5,9,10). The van der Waals surface area contributed by atoms with Crippen LogP contribution in [0.1, 0.15) is 0 Å². The number of hydrogen-bond acceptors (Lipinski definition) is 5. The Balaban J connectivity index is 4.86. The molecular formula is C4H11NO5S. The van der Waals surface area contributed by atoms with Gasteiger partial charge in [-0.25, -0.2) is 13.6 Å². The fourth-order valence-corrected chi connectivity index (χ4v) is 0.960. The molecule has 68 valence electrons. The molecule has 7 heteroatoms. The van der Waals surface area contributed by atoms with Gasteiger partial charge in [0.05, 0.1) is 19.8 Å². The van der Waals surface area contributed by atoms with Gasteiger partial charge in [-0.3, -0.25) is 0 Å². The van der Waals surface area contributed by atoms with Crippen LogP contribution in [0.15, 0.2) is 0 Å². The highest BCUT2D eigenvalue weighted by Gasteiger charge is 2.40. The van der Waals surface area contributed by atoms with Gasteiger partial charge < -0.3 is 15.3 Å². The fraction of sp³-hybridized carbons (Fsp3) is 1.00. The molecule has 0 aromatic rings. The molecule has 0 atom stereocenters. The van der Waals surface area contributed by atoms with E-state index in [1.165, 1.54) is 0 Å². The summed E-state index contributed by atoms with van der Waals surface area (Å²) in [7, 11) is -4.13. The van der Waals surface area contributed by atoms with Crippen molar-refractivity contribution in [1.29, 1.82) is 0 Å². The van der Waals surface area contributed by atoms with Gasteiger partial charge in [0.25, 0.3) is 0 Å². The minimum atomic E-state index is -4.13. The van der Waals surface area contributed by atoms with Gasteiger partial charge in [0.15, 0.2) is 4.75 Å². The van der Waals surface area contributed by atoms with E-state index in [4.69, 9.17) is 15.3 Å². The zero-order valence-electron chi connectivity index (χ0n) is 5.77. The minimum absolute atomic E-state index is 0.904. The van der Waals surface area contributed by atoms with Crippen molar-refractivity contribution in [2.45, 2.75) is 4.75 Å². The largest absolute Gasteiger partial charge is 0.394 e. The van der Waals surface area contributed by atoms with Crippen molar-refractivity contribution in [1.82, 2.24) is 0 Å². The Morgan fingerprint density at radius 3 is 1.36 bits per heavy atom. The Morgan fingerprint density at radius 2 is 1.36 bits per heavy atom. The quantitative estimate of drug-likeness (QED) is 0.371. The summed E-state index contributed by atoms with van der Waals surface area (Å²) >= 11 is 0. The van der Waals surface area contributed by atoms with E-state index < -0.39 is 34.6 Å². The molecule has 0 fully saturated rings. The van der Waals surface area contributed by atoms with E-state index >= 15 is 0 Å². The lowest BCUT2D eigenvalue weighted by atomic mass is 10.2. The monoisotopic (exact) mass is 185 g/mol. The lowest BCUT2D eigenvalue weighted by Gasteiger charge is -2.23. The number of aliphatic hydroxyl groups is 3. The van der Waals surface area contributed by atoms with Crippen molar-refractivity contribution < 1.29 is 23.7 Å². The third-order valence-electron chi connectivity index (χ3n) is 1.47. The molecule has 11 heavy (non-hydrogen) atoms. The summed E-state index contributed by atoms with van der Waals surface area (Å²) in [5, 5.41) is 30.2. The van der Waals surface area contributed by atoms with E-state index in [2.05, 4.69) is 5.14 Å². The molecule has 0 aromatic heterocycles. The second kappa shape index (κ2) is 3.46. The van der Waals surface area contributed by atoms with Gasteiger partial charge in [0.2, 0.25) is 10.0 Å². The van der Waals surface area contributed by atoms with Crippen LogP contribution < -0.4 is 5.14 Å². The van der Waals surface area contributed by atoms with Crippen molar-refractivity contribution in [3.63, 3.8) is 0 Å². The highest BCUT2D eigenvalue weighted by Crippen LogP contribution is 2.11. The summed E-state index contributed by atoms with van der Waals surface area (Å²) in [6.45, 7) is -2.71. The van der Waals surface area contributed by atoms with Crippen LogP contribution in [0.3, 0.4) is 0 Å². The molecule has 0 aliphatic carbocycles. The maximum absolute atomic E-state index is 10.6. The van der Waals surface area contributed by atoms with E-state index in [9.17, 15) is 8.42 Å². The number of aliphatic hydroxyl groups excluding tert-OH is 3. The lowest BCUT2D eigenvalue weighted by Crippen LogP contribution is -2.52. The Hall–Kier alpha value is -0.210. The van der Waals surface area contributed by atoms with Crippen molar-refractivity contribution in [3.05, 3.63) is 0 Å². The second-order valence-corrected chi connectivity index (χ2v) is 4.16. The molecule has 0 bridgehead atoms. The molecule has 0 saturated carbocycles. The SMILES string of the molecule is NS(=O)(=O)C(CO)(CO)CO. The van der Waals surface area contributed by atoms with Gasteiger partial charge in [-0.2, -0.15) is 0 Å². The average Bonchev–Trinajstić information content (AvgIpc) is 1.90. The zero-order valence-corrected chi connectivity index (χ0v) is 6.58. The van der Waals surface area contributed by atoms with Crippen LogP contribution in [0.5, 0.6) is 0 Å². The maximum Gasteiger partial charge on any atom is 0.221 e. The Morgan fingerprint density at radius 1 is 1.09 bits per heavy atom. The number of sulfonamides is 1. The van der Waals surface area contributed by atoms with Crippen LogP contribution in [-0.4, -0.2) is 48.3 Å². The minimum Gasteiger partial charge on any atom is -0.394 e. The number of rotatable bonds is 4. The first kappa shape index (κ1) is 10.8. The number of nitrogens with two attached hydrogens (primary N) is 1. The zero-order chi connectivity index (χ0) is 9.12. The molecule has 0 aliphatic rings. The molecule has 0 saturated heterocycles. The van der Waals surface area contributed by atoms with Crippen LogP contribution >= 0.6 is 0 Å². The molecule has 0 amide bonds. The molecule has 0 rings (SSSR count). The molecular weight excluding hydrogens is 174 g/mol. The third kappa shape index (κ3) is 1.88. The number of primary sulfonamides is 1. The maximum atomic E-state index is 10.6. The first-order valence-electron chi connectivity index (χ1n) is 2.78. The predicted octanol–water partition coefficient (Wildman–Crippen LogP) is -3.01. The summed E-state index contributed by atoms with van der Waals surface area (Å²) < 4.78 is 19.3. The van der Waals surface area contributed by atoms with E-state index in [1.54, 1.807) is 0 Å². The van der Waals surface area contributed by atoms with Crippen molar-refractivity contribution in [2.24, 2.45) is 5.14 Å².